The summed E-state index contributed by atoms with van der Waals surface area (Å²) in [5, 5.41) is 0. The van der Waals surface area contributed by atoms with Crippen LogP contribution in [0.15, 0.2) is 24.8 Å². The van der Waals surface area contributed by atoms with Crippen LogP contribution in [0.25, 0.3) is 0 Å². The van der Waals surface area contributed by atoms with Crippen LogP contribution < -0.4 is 0 Å². The number of hydrogen-bond acceptors (Lipinski definition) is 3. The van der Waals surface area contributed by atoms with E-state index in [0.717, 1.165) is 12.8 Å². The second kappa shape index (κ2) is 4.82. The van der Waals surface area contributed by atoms with E-state index >= 15 is 0 Å². The molecule has 2 atom stereocenters. The van der Waals surface area contributed by atoms with Gasteiger partial charge in [-0.3, -0.25) is 0 Å². The summed E-state index contributed by atoms with van der Waals surface area (Å²) >= 11 is 0. The predicted molar refractivity (Wildman–Crippen MR) is 49.2 cm³/mol. The molecule has 0 saturated carbocycles. The molecular weight excluding hydrogens is 168 g/mol. The van der Waals surface area contributed by atoms with Crippen LogP contribution in [-0.2, 0) is 14.3 Å². The van der Waals surface area contributed by atoms with Crippen molar-refractivity contribution in [3.8, 4) is 0 Å². The molecule has 72 valence electrons. The van der Waals surface area contributed by atoms with E-state index in [-0.39, 0.29) is 18.2 Å². The number of esters is 1. The molecule has 0 bridgehead atoms. The van der Waals surface area contributed by atoms with Crippen LogP contribution in [0, 0.1) is 0 Å². The molecule has 0 aliphatic carbocycles. The second-order valence-electron chi connectivity index (χ2n) is 2.91. The number of ether oxygens (including phenoxy) is 2. The summed E-state index contributed by atoms with van der Waals surface area (Å²) in [4.78, 5) is 10.7. The number of carbonyl (C=O) groups is 1. The maximum Gasteiger partial charge on any atom is 0.330 e. The average Bonchev–Trinajstić information content (AvgIpc) is 2.61. The first-order valence-corrected chi connectivity index (χ1v) is 4.30. The zero-order chi connectivity index (χ0) is 9.68. The van der Waals surface area contributed by atoms with Crippen molar-refractivity contribution < 1.29 is 14.3 Å². The fourth-order valence-corrected chi connectivity index (χ4v) is 1.26. The summed E-state index contributed by atoms with van der Waals surface area (Å²) in [6.07, 6.45) is 6.98. The van der Waals surface area contributed by atoms with Crippen LogP contribution in [0.4, 0.5) is 0 Å². The van der Waals surface area contributed by atoms with E-state index in [1.165, 1.54) is 13.2 Å². The zero-order valence-corrected chi connectivity index (χ0v) is 7.73. The van der Waals surface area contributed by atoms with Gasteiger partial charge in [-0.15, -0.1) is 6.58 Å². The van der Waals surface area contributed by atoms with Crippen LogP contribution >= 0.6 is 0 Å². The largest absolute Gasteiger partial charge is 0.466 e. The predicted octanol–water partition coefficient (Wildman–Crippen LogP) is 1.45. The van der Waals surface area contributed by atoms with Gasteiger partial charge in [-0.2, -0.15) is 0 Å². The Hall–Kier alpha value is -1.09. The molecule has 0 aromatic carbocycles. The van der Waals surface area contributed by atoms with Crippen LogP contribution in [-0.4, -0.2) is 25.3 Å². The van der Waals surface area contributed by atoms with Gasteiger partial charge in [0.05, 0.1) is 19.3 Å². The Balaban J connectivity index is 2.35. The molecule has 1 aliphatic rings. The minimum atomic E-state index is -0.342. The lowest BCUT2D eigenvalue weighted by atomic mass is 10.2. The maximum absolute atomic E-state index is 10.7. The quantitative estimate of drug-likeness (QED) is 0.376. The number of carbonyl (C=O) groups excluding carboxylic acids is 1. The minimum Gasteiger partial charge on any atom is -0.466 e. The highest BCUT2D eigenvalue weighted by atomic mass is 16.5. The summed E-state index contributed by atoms with van der Waals surface area (Å²) in [5.74, 6) is -0.342. The van der Waals surface area contributed by atoms with Gasteiger partial charge in [0.15, 0.2) is 0 Å². The van der Waals surface area contributed by atoms with Gasteiger partial charge in [0.25, 0.3) is 0 Å². The maximum atomic E-state index is 10.7. The minimum absolute atomic E-state index is 0.0297. The van der Waals surface area contributed by atoms with Crippen molar-refractivity contribution in [2.45, 2.75) is 25.0 Å². The summed E-state index contributed by atoms with van der Waals surface area (Å²) in [5.41, 5.74) is 0. The second-order valence-corrected chi connectivity index (χ2v) is 2.91. The molecular formula is C10H14O3. The monoisotopic (exact) mass is 182 g/mol. The summed E-state index contributed by atoms with van der Waals surface area (Å²) < 4.78 is 9.95. The highest BCUT2D eigenvalue weighted by Crippen LogP contribution is 2.20. The summed E-state index contributed by atoms with van der Waals surface area (Å²) in [6, 6.07) is 0. The third kappa shape index (κ3) is 3.03. The molecule has 1 saturated heterocycles. The SMILES string of the molecule is C=CC1CCC(/C=C/C(=O)OC)O1. The van der Waals surface area contributed by atoms with E-state index in [9.17, 15) is 4.79 Å². The number of methoxy groups -OCH3 is 1. The molecule has 0 aromatic heterocycles. The fourth-order valence-electron chi connectivity index (χ4n) is 1.26. The van der Waals surface area contributed by atoms with E-state index in [2.05, 4.69) is 11.3 Å². The Morgan fingerprint density at radius 2 is 2.23 bits per heavy atom. The highest BCUT2D eigenvalue weighted by Gasteiger charge is 2.20. The molecule has 3 nitrogen and oxygen atoms in total. The summed E-state index contributed by atoms with van der Waals surface area (Å²) in [6.45, 7) is 3.65. The average molecular weight is 182 g/mol. The molecule has 2 unspecified atom stereocenters. The summed E-state index contributed by atoms with van der Waals surface area (Å²) in [7, 11) is 1.36. The van der Waals surface area contributed by atoms with Gasteiger partial charge in [-0.05, 0) is 18.9 Å². The Kier molecular flexibility index (Phi) is 3.71. The lowest BCUT2D eigenvalue weighted by Crippen LogP contribution is -2.06. The first kappa shape index (κ1) is 9.99. The number of rotatable bonds is 3. The Labute approximate surface area is 78.0 Å². The van der Waals surface area contributed by atoms with E-state index in [1.54, 1.807) is 12.2 Å². The standard InChI is InChI=1S/C10H14O3/c1-3-8-4-5-9(13-8)6-7-10(11)12-2/h3,6-9H,1,4-5H2,2H3/b7-6+. The molecule has 13 heavy (non-hydrogen) atoms. The molecule has 3 heteroatoms. The molecule has 0 radical (unpaired) electrons. The van der Waals surface area contributed by atoms with Crippen molar-refractivity contribution in [1.82, 2.24) is 0 Å². The van der Waals surface area contributed by atoms with E-state index in [1.807, 2.05) is 0 Å². The van der Waals surface area contributed by atoms with E-state index in [4.69, 9.17) is 4.74 Å². The van der Waals surface area contributed by atoms with Gasteiger partial charge in [0, 0.05) is 6.08 Å². The smallest absolute Gasteiger partial charge is 0.330 e. The Morgan fingerprint density at radius 1 is 1.54 bits per heavy atom. The van der Waals surface area contributed by atoms with Crippen molar-refractivity contribution in [2.24, 2.45) is 0 Å². The van der Waals surface area contributed by atoms with Crippen LogP contribution in [0.3, 0.4) is 0 Å². The molecule has 0 N–H and O–H groups in total. The molecule has 0 spiro atoms. The lowest BCUT2D eigenvalue weighted by Gasteiger charge is -2.05. The van der Waals surface area contributed by atoms with Crippen LogP contribution in [0.2, 0.25) is 0 Å². The van der Waals surface area contributed by atoms with Crippen molar-refractivity contribution in [3.63, 3.8) is 0 Å². The van der Waals surface area contributed by atoms with Crippen LogP contribution in [0.5, 0.6) is 0 Å². The number of hydrogen-bond donors (Lipinski definition) is 0. The lowest BCUT2D eigenvalue weighted by molar-refractivity contribution is -0.134. The normalized spacial score (nSPS) is 27.8. The van der Waals surface area contributed by atoms with Gasteiger partial charge in [-0.25, -0.2) is 4.79 Å². The van der Waals surface area contributed by atoms with Crippen LogP contribution in [0.1, 0.15) is 12.8 Å². The molecule has 1 aliphatic heterocycles. The van der Waals surface area contributed by atoms with Gasteiger partial charge in [0.1, 0.15) is 0 Å². The van der Waals surface area contributed by atoms with Crippen molar-refractivity contribution in [1.29, 1.82) is 0 Å². The van der Waals surface area contributed by atoms with Gasteiger partial charge >= 0.3 is 5.97 Å². The molecule has 0 amide bonds. The third-order valence-electron chi connectivity index (χ3n) is 2.00. The third-order valence-corrected chi connectivity index (χ3v) is 2.00. The first-order chi connectivity index (χ1) is 6.26. The molecule has 1 rings (SSSR count). The molecule has 1 fully saturated rings. The zero-order valence-electron chi connectivity index (χ0n) is 7.73. The van der Waals surface area contributed by atoms with Crippen molar-refractivity contribution in [2.75, 3.05) is 7.11 Å². The Morgan fingerprint density at radius 3 is 2.77 bits per heavy atom. The first-order valence-electron chi connectivity index (χ1n) is 4.30. The van der Waals surface area contributed by atoms with E-state index < -0.39 is 0 Å². The molecule has 1 heterocycles. The van der Waals surface area contributed by atoms with Gasteiger partial charge in [-0.1, -0.05) is 6.08 Å². The molecule has 0 aromatic rings. The van der Waals surface area contributed by atoms with Crippen molar-refractivity contribution in [3.05, 3.63) is 24.8 Å². The van der Waals surface area contributed by atoms with E-state index in [0.29, 0.717) is 0 Å². The van der Waals surface area contributed by atoms with Gasteiger partial charge in [0.2, 0.25) is 0 Å². The Bertz CT molecular complexity index is 220. The topological polar surface area (TPSA) is 35.5 Å². The fraction of sp³-hybridized carbons (Fsp3) is 0.500. The van der Waals surface area contributed by atoms with Gasteiger partial charge < -0.3 is 9.47 Å². The van der Waals surface area contributed by atoms with Crippen molar-refractivity contribution >= 4 is 5.97 Å². The highest BCUT2D eigenvalue weighted by molar-refractivity contribution is 5.81.